The number of primary sulfonamides is 1. The van der Waals surface area contributed by atoms with Gasteiger partial charge in [-0.2, -0.15) is 23.6 Å². The van der Waals surface area contributed by atoms with Gasteiger partial charge in [-0.25, -0.2) is 31.8 Å². The molecule has 0 bridgehead atoms. The van der Waals surface area contributed by atoms with Crippen LogP contribution in [0.3, 0.4) is 0 Å². The third-order valence-corrected chi connectivity index (χ3v) is 7.03. The predicted octanol–water partition coefficient (Wildman–Crippen LogP) is -0.187. The third kappa shape index (κ3) is 6.57. The zero-order valence-electron chi connectivity index (χ0n) is 17.6. The van der Waals surface area contributed by atoms with Gasteiger partial charge in [0, 0.05) is 18.3 Å². The van der Waals surface area contributed by atoms with E-state index in [-0.39, 0.29) is 29.2 Å². The van der Waals surface area contributed by atoms with Crippen LogP contribution < -0.4 is 10.9 Å². The number of rotatable bonds is 6. The van der Waals surface area contributed by atoms with E-state index < -0.39 is 47.5 Å². The number of H-pyrrole nitrogens is 1. The molecule has 1 aromatic carbocycles. The normalized spacial score (nSPS) is 11.8. The van der Waals surface area contributed by atoms with Gasteiger partial charge in [-0.1, -0.05) is 6.07 Å². The van der Waals surface area contributed by atoms with E-state index >= 15 is 0 Å². The number of hydrogen-bond acceptors (Lipinski definition) is 11. The van der Waals surface area contributed by atoms with Crippen molar-refractivity contribution < 1.29 is 39.9 Å². The molecule has 36 heavy (non-hydrogen) atoms. The number of aromatic nitrogens is 5. The number of pyridine rings is 1. The molecule has 192 valence electrons. The number of sulfonamides is 1. The number of benzene rings is 1. The molecule has 0 spiro atoms. The molecule has 0 radical (unpaired) electrons. The summed E-state index contributed by atoms with van der Waals surface area (Å²) in [5, 5.41) is 34.6. The molecule has 0 saturated carbocycles. The number of nitriles is 1. The highest BCUT2D eigenvalue weighted by molar-refractivity contribution is 7.93. The lowest BCUT2D eigenvalue weighted by atomic mass is 10.0. The minimum atomic E-state index is -5.08. The van der Waals surface area contributed by atoms with E-state index in [2.05, 4.69) is 25.6 Å². The van der Waals surface area contributed by atoms with E-state index in [1.807, 2.05) is 6.07 Å². The Morgan fingerprint density at radius 3 is 2.22 bits per heavy atom. The molecule has 0 aliphatic heterocycles. The molecule has 0 fully saturated rings. The molecule has 6 N–H and O–H groups in total. The fourth-order valence-corrected chi connectivity index (χ4v) is 5.46. The van der Waals surface area contributed by atoms with Crippen molar-refractivity contribution in [1.82, 2.24) is 25.6 Å². The number of aliphatic carboxylic acids is 1. The Morgan fingerprint density at radius 2 is 1.81 bits per heavy atom. The largest absolute Gasteiger partial charge is 0.490 e. The van der Waals surface area contributed by atoms with Gasteiger partial charge >= 0.3 is 12.1 Å². The zero-order chi connectivity index (χ0) is 27.3. The van der Waals surface area contributed by atoms with Crippen molar-refractivity contribution in [2.24, 2.45) is 10.9 Å². The average Bonchev–Trinajstić information content (AvgIpc) is 3.32. The molecule has 2 aromatic heterocycles. The standard InChI is InChI=1S/C15H14N8O4S2.C2HF3O2/c16-5-6-28(24,25)12-4-3-11(9-1-2-10(7-17)19-8-9)13(14(12)29(18,26)27)15-20-22-23-21-15;3-2(4,5)1(6)7/h1-4,8H,5-6,16H2,(H2,18,26,27)(H,20,21,22,23);(H,6,7). The number of carbonyl (C=O) groups is 1. The van der Waals surface area contributed by atoms with Gasteiger partial charge in [-0.3, -0.25) is 0 Å². The highest BCUT2D eigenvalue weighted by Crippen LogP contribution is 2.38. The van der Waals surface area contributed by atoms with Crippen LogP contribution in [0.5, 0.6) is 0 Å². The van der Waals surface area contributed by atoms with Crippen LogP contribution in [-0.4, -0.2) is 72.0 Å². The molecule has 0 aliphatic rings. The van der Waals surface area contributed by atoms with Gasteiger partial charge in [-0.05, 0) is 29.0 Å². The highest BCUT2D eigenvalue weighted by atomic mass is 32.2. The number of nitrogens with two attached hydrogens (primary N) is 2. The first-order chi connectivity index (χ1) is 16.6. The number of nitrogens with one attached hydrogen (secondary N) is 1. The van der Waals surface area contributed by atoms with Gasteiger partial charge in [0.05, 0.1) is 16.2 Å². The molecular weight excluding hydrogens is 533 g/mol. The Kier molecular flexibility index (Phi) is 8.42. The molecule has 0 saturated heterocycles. The molecule has 0 atom stereocenters. The van der Waals surface area contributed by atoms with Crippen molar-refractivity contribution in [3.8, 4) is 28.6 Å². The summed E-state index contributed by atoms with van der Waals surface area (Å²) in [5.41, 5.74) is 5.96. The Hall–Kier alpha value is -3.99. The number of hydrogen-bond donors (Lipinski definition) is 4. The van der Waals surface area contributed by atoms with Crippen LogP contribution in [0.4, 0.5) is 13.2 Å². The summed E-state index contributed by atoms with van der Waals surface area (Å²) in [7, 11) is -8.63. The maximum atomic E-state index is 12.6. The summed E-state index contributed by atoms with van der Waals surface area (Å²) >= 11 is 0. The number of tetrazole rings is 1. The summed E-state index contributed by atoms with van der Waals surface area (Å²) in [6.45, 7) is -0.217. The van der Waals surface area contributed by atoms with E-state index in [9.17, 15) is 30.0 Å². The Labute approximate surface area is 200 Å². The summed E-state index contributed by atoms with van der Waals surface area (Å²) in [5.74, 6) is -3.43. The van der Waals surface area contributed by atoms with Crippen molar-refractivity contribution in [3.05, 3.63) is 36.2 Å². The third-order valence-electron chi connectivity index (χ3n) is 4.13. The van der Waals surface area contributed by atoms with Crippen molar-refractivity contribution in [2.45, 2.75) is 16.0 Å². The SMILES string of the molecule is N#Cc1ccc(-c2ccc(S(=O)(=O)CCN)c(S(N)(=O)=O)c2-c2nn[nH]n2)cn1.O=C(O)C(F)(F)F. The Bertz CT molecular complexity index is 1500. The van der Waals surface area contributed by atoms with E-state index in [1.165, 1.54) is 24.4 Å². The summed E-state index contributed by atoms with van der Waals surface area (Å²) < 4.78 is 81.9. The summed E-state index contributed by atoms with van der Waals surface area (Å²) in [6.07, 6.45) is -3.75. The zero-order valence-corrected chi connectivity index (χ0v) is 19.3. The number of halogens is 3. The number of alkyl halides is 3. The van der Waals surface area contributed by atoms with E-state index in [4.69, 9.17) is 26.0 Å². The van der Waals surface area contributed by atoms with E-state index in [1.54, 1.807) is 0 Å². The predicted molar refractivity (Wildman–Crippen MR) is 114 cm³/mol. The monoisotopic (exact) mass is 548 g/mol. The first kappa shape index (κ1) is 28.2. The number of nitrogens with zero attached hydrogens (tertiary/aromatic N) is 5. The second kappa shape index (κ2) is 10.7. The van der Waals surface area contributed by atoms with Gasteiger partial charge < -0.3 is 10.8 Å². The van der Waals surface area contributed by atoms with Crippen LogP contribution in [0.25, 0.3) is 22.5 Å². The number of sulfone groups is 1. The van der Waals surface area contributed by atoms with E-state index in [0.29, 0.717) is 5.56 Å². The molecule has 14 nitrogen and oxygen atoms in total. The topological polar surface area (TPSA) is 249 Å². The van der Waals surface area contributed by atoms with Crippen molar-refractivity contribution in [1.29, 1.82) is 5.26 Å². The smallest absolute Gasteiger partial charge is 0.475 e. The summed E-state index contributed by atoms with van der Waals surface area (Å²) in [4.78, 5) is 11.7. The first-order valence-corrected chi connectivity index (χ1v) is 12.4. The lowest BCUT2D eigenvalue weighted by molar-refractivity contribution is -0.192. The van der Waals surface area contributed by atoms with Crippen LogP contribution in [0.1, 0.15) is 5.69 Å². The first-order valence-electron chi connectivity index (χ1n) is 9.16. The fraction of sp³-hybridized carbons (Fsp3) is 0.176. The number of carboxylic acid groups (broad SMARTS) is 1. The molecule has 0 unspecified atom stereocenters. The molecule has 0 aliphatic carbocycles. The van der Waals surface area contributed by atoms with Crippen molar-refractivity contribution in [3.63, 3.8) is 0 Å². The highest BCUT2D eigenvalue weighted by Gasteiger charge is 2.38. The lowest BCUT2D eigenvalue weighted by Gasteiger charge is -2.16. The molecule has 0 amide bonds. The Morgan fingerprint density at radius 1 is 1.17 bits per heavy atom. The number of aromatic amines is 1. The second-order valence-electron chi connectivity index (χ2n) is 6.55. The quantitative estimate of drug-likeness (QED) is 0.313. The van der Waals surface area contributed by atoms with Crippen LogP contribution >= 0.6 is 0 Å². The Balaban J connectivity index is 0.000000572. The minimum absolute atomic E-state index is 0.142. The lowest BCUT2D eigenvalue weighted by Crippen LogP contribution is -2.22. The average molecular weight is 548 g/mol. The summed E-state index contributed by atoms with van der Waals surface area (Å²) in [6, 6.07) is 7.32. The van der Waals surface area contributed by atoms with Crippen molar-refractivity contribution in [2.75, 3.05) is 12.3 Å². The molecular formula is C17H15F3N8O6S2. The maximum absolute atomic E-state index is 12.6. The van der Waals surface area contributed by atoms with Crippen LogP contribution in [0, 0.1) is 11.3 Å². The maximum Gasteiger partial charge on any atom is 0.490 e. The van der Waals surface area contributed by atoms with E-state index in [0.717, 1.165) is 6.07 Å². The molecule has 19 heteroatoms. The minimum Gasteiger partial charge on any atom is -0.475 e. The van der Waals surface area contributed by atoms with Gasteiger partial charge in [0.15, 0.2) is 9.84 Å². The van der Waals surface area contributed by atoms with Gasteiger partial charge in [0.25, 0.3) is 0 Å². The second-order valence-corrected chi connectivity index (χ2v) is 10.1. The van der Waals surface area contributed by atoms with Crippen molar-refractivity contribution >= 4 is 25.8 Å². The van der Waals surface area contributed by atoms with Crippen LogP contribution in [0.15, 0.2) is 40.3 Å². The number of carboxylic acids is 1. The molecule has 2 heterocycles. The molecule has 3 aromatic rings. The fourth-order valence-electron chi connectivity index (χ4n) is 2.71. The van der Waals surface area contributed by atoms with Gasteiger partial charge in [0.2, 0.25) is 15.8 Å². The van der Waals surface area contributed by atoms with Gasteiger partial charge in [0.1, 0.15) is 16.7 Å². The van der Waals surface area contributed by atoms with Crippen LogP contribution in [0.2, 0.25) is 0 Å². The van der Waals surface area contributed by atoms with Gasteiger partial charge in [-0.15, -0.1) is 10.2 Å². The molecule has 3 rings (SSSR count). The van der Waals surface area contributed by atoms with Crippen LogP contribution in [-0.2, 0) is 24.7 Å².